The summed E-state index contributed by atoms with van der Waals surface area (Å²) in [6.07, 6.45) is 1.87. The molecular formula is C52H34N4. The van der Waals surface area contributed by atoms with Gasteiger partial charge < -0.3 is 0 Å². The summed E-state index contributed by atoms with van der Waals surface area (Å²) < 4.78 is 0. The van der Waals surface area contributed by atoms with Crippen molar-refractivity contribution in [1.29, 1.82) is 0 Å². The number of rotatable bonds is 7. The fourth-order valence-corrected chi connectivity index (χ4v) is 7.48. The minimum absolute atomic E-state index is 0.637. The molecular weight excluding hydrogens is 681 g/mol. The number of fused-ring (bicyclic) bond motifs is 3. The van der Waals surface area contributed by atoms with Crippen LogP contribution in [0.3, 0.4) is 0 Å². The number of pyridine rings is 1. The number of benzene rings is 8. The van der Waals surface area contributed by atoms with Crippen LogP contribution in [-0.2, 0) is 0 Å². The molecule has 4 heteroatoms. The van der Waals surface area contributed by atoms with Gasteiger partial charge in [-0.05, 0) is 68.1 Å². The van der Waals surface area contributed by atoms with Crippen molar-refractivity contribution in [2.45, 2.75) is 0 Å². The zero-order valence-electron chi connectivity index (χ0n) is 30.4. The monoisotopic (exact) mass is 714 g/mol. The maximum absolute atomic E-state index is 4.98. The fraction of sp³-hybridized carbons (Fsp3) is 0. The molecule has 4 nitrogen and oxygen atoms in total. The average molecular weight is 715 g/mol. The van der Waals surface area contributed by atoms with Gasteiger partial charge in [-0.3, -0.25) is 4.98 Å². The van der Waals surface area contributed by atoms with E-state index in [0.717, 1.165) is 44.3 Å². The molecule has 0 fully saturated rings. The molecule has 0 radical (unpaired) electrons. The third-order valence-electron chi connectivity index (χ3n) is 10.4. The highest BCUT2D eigenvalue weighted by molar-refractivity contribution is 6.12. The second-order valence-electron chi connectivity index (χ2n) is 13.9. The van der Waals surface area contributed by atoms with Crippen LogP contribution in [0, 0.1) is 0 Å². The number of nitrogens with zero attached hydrogens (tertiary/aromatic N) is 4. The first-order valence-corrected chi connectivity index (χ1v) is 18.8. The molecule has 0 aliphatic rings. The van der Waals surface area contributed by atoms with Crippen molar-refractivity contribution in [2.75, 3.05) is 0 Å². The maximum atomic E-state index is 4.98. The first kappa shape index (κ1) is 33.0. The molecule has 0 atom stereocenters. The summed E-state index contributed by atoms with van der Waals surface area (Å²) in [6, 6.07) is 70.0. The molecule has 56 heavy (non-hydrogen) atoms. The topological polar surface area (TPSA) is 51.6 Å². The van der Waals surface area contributed by atoms with Gasteiger partial charge in [0, 0.05) is 33.7 Å². The Hall–Kier alpha value is -7.56. The molecule has 0 aliphatic carbocycles. The van der Waals surface area contributed by atoms with Crippen LogP contribution in [0.1, 0.15) is 0 Å². The summed E-state index contributed by atoms with van der Waals surface area (Å²) >= 11 is 0. The molecule has 262 valence electrons. The van der Waals surface area contributed by atoms with Crippen LogP contribution in [0.25, 0.3) is 100 Å². The van der Waals surface area contributed by atoms with Crippen LogP contribution >= 0.6 is 0 Å². The smallest absolute Gasteiger partial charge is 0.164 e. The normalized spacial score (nSPS) is 11.2. The number of aromatic nitrogens is 4. The Morgan fingerprint density at radius 1 is 0.268 bits per heavy atom. The van der Waals surface area contributed by atoms with Gasteiger partial charge in [-0.2, -0.15) is 0 Å². The summed E-state index contributed by atoms with van der Waals surface area (Å²) in [4.78, 5) is 19.5. The SMILES string of the molecule is c1ccc(-c2ccc(-c3nc(-c4ccccc4)nc(-c4ccc(-c5ccc(-c6cccc(-c7cc8cccnc8c8ccccc78)c6)cc5)cc4)n3)cc2)cc1. The highest BCUT2D eigenvalue weighted by Crippen LogP contribution is 2.36. The first-order chi connectivity index (χ1) is 27.7. The van der Waals surface area contributed by atoms with Crippen molar-refractivity contribution in [1.82, 2.24) is 19.9 Å². The van der Waals surface area contributed by atoms with Crippen LogP contribution in [-0.4, -0.2) is 19.9 Å². The molecule has 2 aromatic heterocycles. The second-order valence-corrected chi connectivity index (χ2v) is 13.9. The lowest BCUT2D eigenvalue weighted by Crippen LogP contribution is -2.00. The van der Waals surface area contributed by atoms with E-state index in [9.17, 15) is 0 Å². The van der Waals surface area contributed by atoms with Crippen molar-refractivity contribution in [3.05, 3.63) is 206 Å². The van der Waals surface area contributed by atoms with Crippen molar-refractivity contribution in [2.24, 2.45) is 0 Å². The quantitative estimate of drug-likeness (QED) is 0.154. The van der Waals surface area contributed by atoms with Crippen molar-refractivity contribution in [3.63, 3.8) is 0 Å². The minimum Gasteiger partial charge on any atom is -0.256 e. The Kier molecular flexibility index (Phi) is 8.47. The van der Waals surface area contributed by atoms with E-state index in [-0.39, 0.29) is 0 Å². The van der Waals surface area contributed by atoms with E-state index in [1.165, 1.54) is 38.6 Å². The van der Waals surface area contributed by atoms with Crippen molar-refractivity contribution < 1.29 is 0 Å². The predicted octanol–water partition coefficient (Wildman–Crippen LogP) is 13.2. The summed E-state index contributed by atoms with van der Waals surface area (Å²) in [6.45, 7) is 0. The summed E-state index contributed by atoms with van der Waals surface area (Å²) in [5, 5.41) is 3.52. The van der Waals surface area contributed by atoms with Crippen molar-refractivity contribution in [3.8, 4) is 78.7 Å². The van der Waals surface area contributed by atoms with Gasteiger partial charge in [-0.15, -0.1) is 0 Å². The highest BCUT2D eigenvalue weighted by Gasteiger charge is 2.14. The molecule has 2 heterocycles. The summed E-state index contributed by atoms with van der Waals surface area (Å²) in [5.74, 6) is 1.92. The lowest BCUT2D eigenvalue weighted by Gasteiger charge is -2.12. The van der Waals surface area contributed by atoms with Crippen molar-refractivity contribution >= 4 is 21.7 Å². The predicted molar refractivity (Wildman–Crippen MR) is 231 cm³/mol. The van der Waals surface area contributed by atoms with Gasteiger partial charge in [-0.25, -0.2) is 15.0 Å². The Bertz CT molecular complexity index is 2980. The molecule has 0 N–H and O–H groups in total. The Morgan fingerprint density at radius 3 is 1.25 bits per heavy atom. The van der Waals surface area contributed by atoms with E-state index in [4.69, 9.17) is 19.9 Å². The molecule has 0 amide bonds. The molecule has 8 aromatic carbocycles. The van der Waals surface area contributed by atoms with E-state index in [2.05, 4.69) is 158 Å². The molecule has 0 spiro atoms. The lowest BCUT2D eigenvalue weighted by molar-refractivity contribution is 1.07. The van der Waals surface area contributed by atoms with Gasteiger partial charge >= 0.3 is 0 Å². The van der Waals surface area contributed by atoms with E-state index in [0.29, 0.717) is 17.5 Å². The van der Waals surface area contributed by atoms with Crippen LogP contribution in [0.5, 0.6) is 0 Å². The van der Waals surface area contributed by atoms with Gasteiger partial charge in [-0.1, -0.05) is 182 Å². The third kappa shape index (κ3) is 6.40. The molecule has 0 bridgehead atoms. The van der Waals surface area contributed by atoms with E-state index in [1.807, 2.05) is 48.7 Å². The summed E-state index contributed by atoms with van der Waals surface area (Å²) in [5.41, 5.74) is 13.2. The largest absolute Gasteiger partial charge is 0.256 e. The van der Waals surface area contributed by atoms with Gasteiger partial charge in [0.05, 0.1) is 5.52 Å². The fourth-order valence-electron chi connectivity index (χ4n) is 7.48. The Balaban J connectivity index is 0.941. The zero-order chi connectivity index (χ0) is 37.3. The van der Waals surface area contributed by atoms with E-state index in [1.54, 1.807) is 0 Å². The van der Waals surface area contributed by atoms with Crippen LogP contribution in [0.2, 0.25) is 0 Å². The molecule has 10 rings (SSSR count). The maximum Gasteiger partial charge on any atom is 0.164 e. The van der Waals surface area contributed by atoms with Gasteiger partial charge in [0.1, 0.15) is 0 Å². The molecule has 0 saturated carbocycles. The van der Waals surface area contributed by atoms with Gasteiger partial charge in [0.15, 0.2) is 17.5 Å². The molecule has 0 aliphatic heterocycles. The standard InChI is InChI=1S/C52H34N4/c1-3-11-35(12-4-1)36-24-28-41(29-25-36)51-54-50(40-13-5-2-6-14-40)55-52(56-51)42-30-26-38(27-31-42)37-20-22-39(23-21-37)43-15-9-16-44(33-43)48-34-45-17-10-32-53-49(45)47-19-8-7-18-46(47)48/h1-34H. The average Bonchev–Trinajstić information content (AvgIpc) is 3.29. The van der Waals surface area contributed by atoms with Crippen LogP contribution < -0.4 is 0 Å². The number of hydrogen-bond donors (Lipinski definition) is 0. The zero-order valence-corrected chi connectivity index (χ0v) is 30.4. The molecule has 0 unspecified atom stereocenters. The summed E-state index contributed by atoms with van der Waals surface area (Å²) in [7, 11) is 0. The lowest BCUT2D eigenvalue weighted by atomic mass is 9.93. The van der Waals surface area contributed by atoms with Crippen LogP contribution in [0.4, 0.5) is 0 Å². The van der Waals surface area contributed by atoms with E-state index < -0.39 is 0 Å². The Morgan fingerprint density at radius 2 is 0.679 bits per heavy atom. The van der Waals surface area contributed by atoms with E-state index >= 15 is 0 Å². The number of hydrogen-bond acceptors (Lipinski definition) is 4. The molecule has 0 saturated heterocycles. The second kappa shape index (κ2) is 14.3. The Labute approximate surface area is 325 Å². The minimum atomic E-state index is 0.637. The first-order valence-electron chi connectivity index (χ1n) is 18.8. The molecule has 10 aromatic rings. The van der Waals surface area contributed by atoms with Crippen LogP contribution in [0.15, 0.2) is 206 Å². The van der Waals surface area contributed by atoms with Gasteiger partial charge in [0.25, 0.3) is 0 Å². The van der Waals surface area contributed by atoms with Gasteiger partial charge in [0.2, 0.25) is 0 Å². The third-order valence-corrected chi connectivity index (χ3v) is 10.4. The highest BCUT2D eigenvalue weighted by atomic mass is 15.0.